The maximum Gasteiger partial charge on any atom is 0.149 e. The van der Waals surface area contributed by atoms with Gasteiger partial charge in [0.1, 0.15) is 5.82 Å². The van der Waals surface area contributed by atoms with Crippen LogP contribution in [0.1, 0.15) is 18.1 Å². The minimum absolute atomic E-state index is 0.336. The zero-order valence-corrected chi connectivity index (χ0v) is 14.6. The van der Waals surface area contributed by atoms with Gasteiger partial charge in [-0.3, -0.25) is 0 Å². The fraction of sp³-hybridized carbons (Fsp3) is 0.300. The largest absolute Gasteiger partial charge is 0.380 e. The van der Waals surface area contributed by atoms with Gasteiger partial charge in [-0.2, -0.15) is 5.26 Å². The van der Waals surface area contributed by atoms with E-state index in [9.17, 15) is 0 Å². The summed E-state index contributed by atoms with van der Waals surface area (Å²) in [6, 6.07) is 14.2. The predicted molar refractivity (Wildman–Crippen MR) is 104 cm³/mol. The Morgan fingerprint density at radius 3 is 2.84 bits per heavy atom. The SMILES string of the molecule is C=CC.N#Cc1ccc(CCNCC2CNc3cccnc3N2)cc1. The van der Waals surface area contributed by atoms with E-state index in [0.717, 1.165) is 37.6 Å². The number of hydrogen-bond acceptors (Lipinski definition) is 5. The van der Waals surface area contributed by atoms with Crippen LogP contribution in [0.25, 0.3) is 0 Å². The van der Waals surface area contributed by atoms with Gasteiger partial charge in [0.25, 0.3) is 0 Å². The molecule has 0 fully saturated rings. The molecule has 5 nitrogen and oxygen atoms in total. The van der Waals surface area contributed by atoms with E-state index in [1.165, 1.54) is 5.56 Å². The van der Waals surface area contributed by atoms with Crippen molar-refractivity contribution in [3.63, 3.8) is 0 Å². The number of fused-ring (bicyclic) bond motifs is 1. The van der Waals surface area contributed by atoms with Gasteiger partial charge >= 0.3 is 0 Å². The molecule has 5 heteroatoms. The Bertz CT molecular complexity index is 703. The summed E-state index contributed by atoms with van der Waals surface area (Å²) < 4.78 is 0. The average Bonchev–Trinajstić information content (AvgIpc) is 2.66. The van der Waals surface area contributed by atoms with Crippen molar-refractivity contribution in [3.8, 4) is 6.07 Å². The number of nitrogens with one attached hydrogen (secondary N) is 3. The summed E-state index contributed by atoms with van der Waals surface area (Å²) >= 11 is 0. The summed E-state index contributed by atoms with van der Waals surface area (Å²) in [6.07, 6.45) is 4.51. The van der Waals surface area contributed by atoms with Crippen LogP contribution in [0.2, 0.25) is 0 Å². The fourth-order valence-corrected chi connectivity index (χ4v) is 2.52. The summed E-state index contributed by atoms with van der Waals surface area (Å²) in [4.78, 5) is 4.33. The van der Waals surface area contributed by atoms with Crippen LogP contribution in [0.3, 0.4) is 0 Å². The first kappa shape index (κ1) is 18.5. The van der Waals surface area contributed by atoms with Crippen molar-refractivity contribution in [1.82, 2.24) is 10.3 Å². The van der Waals surface area contributed by atoms with E-state index in [4.69, 9.17) is 5.26 Å². The second-order valence-electron chi connectivity index (χ2n) is 5.79. The number of hydrogen-bond donors (Lipinski definition) is 3. The molecule has 0 aliphatic carbocycles. The van der Waals surface area contributed by atoms with Crippen LogP contribution in [-0.4, -0.2) is 30.7 Å². The van der Waals surface area contributed by atoms with E-state index < -0.39 is 0 Å². The topological polar surface area (TPSA) is 72.8 Å². The molecule has 0 saturated heterocycles. The minimum atomic E-state index is 0.336. The van der Waals surface area contributed by atoms with Crippen LogP contribution in [0, 0.1) is 11.3 Å². The molecule has 1 unspecified atom stereocenters. The molecule has 130 valence electrons. The molecule has 1 aromatic carbocycles. The zero-order chi connectivity index (χ0) is 17.9. The maximum atomic E-state index is 8.78. The highest BCUT2D eigenvalue weighted by Crippen LogP contribution is 2.22. The molecular weight excluding hydrogens is 310 g/mol. The first-order chi connectivity index (χ1) is 12.3. The van der Waals surface area contributed by atoms with Crippen LogP contribution < -0.4 is 16.0 Å². The molecule has 1 aromatic heterocycles. The highest BCUT2D eigenvalue weighted by atomic mass is 15.1. The van der Waals surface area contributed by atoms with Gasteiger partial charge in [0.15, 0.2) is 0 Å². The van der Waals surface area contributed by atoms with Gasteiger partial charge in [0.2, 0.25) is 0 Å². The van der Waals surface area contributed by atoms with Gasteiger partial charge in [-0.05, 0) is 49.7 Å². The van der Waals surface area contributed by atoms with E-state index in [1.54, 1.807) is 12.3 Å². The normalized spacial score (nSPS) is 14.6. The first-order valence-corrected chi connectivity index (χ1v) is 8.49. The van der Waals surface area contributed by atoms with Crippen molar-refractivity contribution in [3.05, 3.63) is 66.4 Å². The Kier molecular flexibility index (Phi) is 7.48. The quantitative estimate of drug-likeness (QED) is 0.578. The smallest absolute Gasteiger partial charge is 0.149 e. The third-order valence-electron chi connectivity index (χ3n) is 3.75. The highest BCUT2D eigenvalue weighted by Gasteiger charge is 2.16. The predicted octanol–water partition coefficient (Wildman–Crippen LogP) is 3.18. The van der Waals surface area contributed by atoms with Gasteiger partial charge in [-0.1, -0.05) is 18.2 Å². The van der Waals surface area contributed by atoms with Gasteiger partial charge in [0.05, 0.1) is 23.4 Å². The zero-order valence-electron chi connectivity index (χ0n) is 14.6. The molecule has 0 bridgehead atoms. The van der Waals surface area contributed by atoms with Crippen LogP contribution >= 0.6 is 0 Å². The van der Waals surface area contributed by atoms with E-state index in [-0.39, 0.29) is 0 Å². The number of nitrogens with zero attached hydrogens (tertiary/aromatic N) is 2. The summed E-state index contributed by atoms with van der Waals surface area (Å²) in [5, 5.41) is 19.1. The van der Waals surface area contributed by atoms with Crippen molar-refractivity contribution >= 4 is 11.5 Å². The fourth-order valence-electron chi connectivity index (χ4n) is 2.52. The summed E-state index contributed by atoms with van der Waals surface area (Å²) in [5.74, 6) is 0.924. The van der Waals surface area contributed by atoms with Gasteiger partial charge in [-0.25, -0.2) is 4.98 Å². The number of nitriles is 1. The lowest BCUT2D eigenvalue weighted by atomic mass is 10.1. The van der Waals surface area contributed by atoms with Gasteiger partial charge in [0, 0.05) is 19.3 Å². The third kappa shape index (κ3) is 5.94. The van der Waals surface area contributed by atoms with Crippen LogP contribution in [0.15, 0.2) is 55.3 Å². The molecule has 0 radical (unpaired) electrons. The number of pyridine rings is 1. The van der Waals surface area contributed by atoms with Crippen molar-refractivity contribution in [2.24, 2.45) is 0 Å². The maximum absolute atomic E-state index is 8.78. The summed E-state index contributed by atoms with van der Waals surface area (Å²) in [5.41, 5.74) is 3.02. The Labute approximate surface area is 149 Å². The molecule has 2 heterocycles. The Morgan fingerprint density at radius 1 is 1.36 bits per heavy atom. The van der Waals surface area contributed by atoms with Crippen molar-refractivity contribution in [2.75, 3.05) is 30.3 Å². The molecule has 25 heavy (non-hydrogen) atoms. The van der Waals surface area contributed by atoms with E-state index in [0.29, 0.717) is 11.6 Å². The summed E-state index contributed by atoms with van der Waals surface area (Å²) in [6.45, 7) is 7.95. The van der Waals surface area contributed by atoms with E-state index in [2.05, 4.69) is 33.6 Å². The van der Waals surface area contributed by atoms with Crippen LogP contribution in [-0.2, 0) is 6.42 Å². The summed E-state index contributed by atoms with van der Waals surface area (Å²) in [7, 11) is 0. The molecule has 0 amide bonds. The standard InChI is InChI=1S/C17H19N5.C3H6/c18-10-14-5-3-13(4-6-14)7-9-19-11-15-12-21-16-2-1-8-20-17(16)22-15;1-3-2/h1-6,8,15,19,21H,7,9,11-12H2,(H,20,22);3H,1H2,2H3. The lowest BCUT2D eigenvalue weighted by Crippen LogP contribution is -2.41. The molecule has 2 aromatic rings. The number of rotatable bonds is 5. The highest BCUT2D eigenvalue weighted by molar-refractivity contribution is 5.66. The molecule has 1 aliphatic heterocycles. The van der Waals surface area contributed by atoms with Crippen molar-refractivity contribution < 1.29 is 0 Å². The van der Waals surface area contributed by atoms with Crippen LogP contribution in [0.4, 0.5) is 11.5 Å². The molecule has 1 atom stereocenters. The number of allylic oxidation sites excluding steroid dienone is 1. The monoisotopic (exact) mass is 335 g/mol. The third-order valence-corrected chi connectivity index (χ3v) is 3.75. The molecule has 3 rings (SSSR count). The molecule has 3 N–H and O–H groups in total. The van der Waals surface area contributed by atoms with Gasteiger partial charge in [-0.15, -0.1) is 6.58 Å². The second-order valence-corrected chi connectivity index (χ2v) is 5.79. The van der Waals surface area contributed by atoms with Gasteiger partial charge < -0.3 is 16.0 Å². The van der Waals surface area contributed by atoms with Crippen LogP contribution in [0.5, 0.6) is 0 Å². The molecule has 0 spiro atoms. The number of anilines is 2. The van der Waals surface area contributed by atoms with Crippen molar-refractivity contribution in [1.29, 1.82) is 5.26 Å². The number of aromatic nitrogens is 1. The Morgan fingerprint density at radius 2 is 2.12 bits per heavy atom. The lowest BCUT2D eigenvalue weighted by Gasteiger charge is -2.27. The van der Waals surface area contributed by atoms with E-state index in [1.807, 2.05) is 43.3 Å². The second kappa shape index (κ2) is 10.1. The minimum Gasteiger partial charge on any atom is -0.380 e. The Balaban J connectivity index is 0.000000701. The number of benzene rings is 1. The van der Waals surface area contributed by atoms with E-state index >= 15 is 0 Å². The average molecular weight is 335 g/mol. The molecule has 1 aliphatic rings. The lowest BCUT2D eigenvalue weighted by molar-refractivity contribution is 0.610. The van der Waals surface area contributed by atoms with Crippen molar-refractivity contribution in [2.45, 2.75) is 19.4 Å². The molecular formula is C20H25N5. The Hall–Kier alpha value is -2.84. The first-order valence-electron chi connectivity index (χ1n) is 8.49. The molecule has 0 saturated carbocycles.